The van der Waals surface area contributed by atoms with Crippen LogP contribution in [-0.4, -0.2) is 55.0 Å². The van der Waals surface area contributed by atoms with Crippen molar-refractivity contribution in [2.45, 2.75) is 38.7 Å². The second-order valence-electron chi connectivity index (χ2n) is 6.16. The molecule has 0 aliphatic carbocycles. The van der Waals surface area contributed by atoms with E-state index in [4.69, 9.17) is 14.2 Å². The first-order valence-corrected chi connectivity index (χ1v) is 9.97. The zero-order valence-electron chi connectivity index (χ0n) is 15.6. The SMILES string of the molecule is CCOC(=O)COc1ccccc1C1SCC(=O)N1CCCOC(C)C. The normalized spacial score (nSPS) is 17.0. The molecule has 1 heterocycles. The molecule has 1 unspecified atom stereocenters. The van der Waals surface area contributed by atoms with E-state index in [1.165, 1.54) is 0 Å². The van der Waals surface area contributed by atoms with Gasteiger partial charge < -0.3 is 19.1 Å². The Bertz CT molecular complexity index is 607. The van der Waals surface area contributed by atoms with Gasteiger partial charge in [-0.3, -0.25) is 4.79 Å². The van der Waals surface area contributed by atoms with E-state index in [0.717, 1.165) is 12.0 Å². The number of carbonyl (C=O) groups is 2. The predicted molar refractivity (Wildman–Crippen MR) is 101 cm³/mol. The molecule has 1 atom stereocenters. The lowest BCUT2D eigenvalue weighted by molar-refractivity contribution is -0.145. The van der Waals surface area contributed by atoms with Crippen LogP contribution in [0, 0.1) is 0 Å². The monoisotopic (exact) mass is 381 g/mol. The second-order valence-corrected chi connectivity index (χ2v) is 7.22. The van der Waals surface area contributed by atoms with Crippen molar-refractivity contribution in [1.29, 1.82) is 0 Å². The van der Waals surface area contributed by atoms with Crippen molar-refractivity contribution in [3.05, 3.63) is 29.8 Å². The number of benzene rings is 1. The largest absolute Gasteiger partial charge is 0.482 e. The lowest BCUT2D eigenvalue weighted by atomic mass is 10.1. The van der Waals surface area contributed by atoms with E-state index < -0.39 is 5.97 Å². The summed E-state index contributed by atoms with van der Waals surface area (Å²) in [6, 6.07) is 7.52. The molecule has 0 N–H and O–H groups in total. The molecule has 0 aromatic heterocycles. The predicted octanol–water partition coefficient (Wildman–Crippen LogP) is 3.02. The molecule has 0 bridgehead atoms. The zero-order chi connectivity index (χ0) is 18.9. The van der Waals surface area contributed by atoms with E-state index in [2.05, 4.69) is 0 Å². The van der Waals surface area contributed by atoms with E-state index in [9.17, 15) is 9.59 Å². The van der Waals surface area contributed by atoms with Gasteiger partial charge in [0.1, 0.15) is 11.1 Å². The van der Waals surface area contributed by atoms with Crippen LogP contribution in [0.5, 0.6) is 5.75 Å². The van der Waals surface area contributed by atoms with Gasteiger partial charge in [-0.1, -0.05) is 18.2 Å². The highest BCUT2D eigenvalue weighted by Crippen LogP contribution is 2.42. The Labute approximate surface area is 159 Å². The number of para-hydroxylation sites is 1. The highest BCUT2D eigenvalue weighted by Gasteiger charge is 2.34. The molecular weight excluding hydrogens is 354 g/mol. The Kier molecular flexibility index (Phi) is 8.25. The molecule has 1 fully saturated rings. The minimum atomic E-state index is -0.403. The van der Waals surface area contributed by atoms with E-state index in [1.54, 1.807) is 18.7 Å². The van der Waals surface area contributed by atoms with E-state index in [1.807, 2.05) is 43.0 Å². The third-order valence-corrected chi connectivity index (χ3v) is 5.04. The van der Waals surface area contributed by atoms with Gasteiger partial charge in [0.05, 0.1) is 18.5 Å². The van der Waals surface area contributed by atoms with Crippen molar-refractivity contribution in [2.24, 2.45) is 0 Å². The Morgan fingerprint density at radius 3 is 2.85 bits per heavy atom. The van der Waals surface area contributed by atoms with Crippen LogP contribution in [0.1, 0.15) is 38.1 Å². The van der Waals surface area contributed by atoms with Crippen molar-refractivity contribution in [2.75, 3.05) is 32.1 Å². The molecule has 7 heteroatoms. The molecule has 0 radical (unpaired) electrons. The Morgan fingerprint density at radius 2 is 2.12 bits per heavy atom. The molecule has 1 saturated heterocycles. The summed E-state index contributed by atoms with van der Waals surface area (Å²) < 4.78 is 16.1. The summed E-state index contributed by atoms with van der Waals surface area (Å²) >= 11 is 1.57. The fourth-order valence-electron chi connectivity index (χ4n) is 2.66. The first-order valence-electron chi connectivity index (χ1n) is 8.93. The number of thioether (sulfide) groups is 1. The van der Waals surface area contributed by atoms with Crippen LogP contribution in [0.15, 0.2) is 24.3 Å². The number of hydrogen-bond acceptors (Lipinski definition) is 6. The lowest BCUT2D eigenvalue weighted by Gasteiger charge is -2.26. The number of rotatable bonds is 10. The third-order valence-electron chi connectivity index (χ3n) is 3.80. The summed E-state index contributed by atoms with van der Waals surface area (Å²) in [7, 11) is 0. The third kappa shape index (κ3) is 5.92. The van der Waals surface area contributed by atoms with Crippen LogP contribution in [0.2, 0.25) is 0 Å². The van der Waals surface area contributed by atoms with Gasteiger partial charge in [-0.15, -0.1) is 11.8 Å². The molecule has 144 valence electrons. The minimum Gasteiger partial charge on any atom is -0.482 e. The van der Waals surface area contributed by atoms with Gasteiger partial charge in [-0.2, -0.15) is 0 Å². The van der Waals surface area contributed by atoms with Crippen molar-refractivity contribution in [3.8, 4) is 5.75 Å². The highest BCUT2D eigenvalue weighted by atomic mass is 32.2. The van der Waals surface area contributed by atoms with E-state index >= 15 is 0 Å². The number of carbonyl (C=O) groups excluding carboxylic acids is 2. The number of nitrogens with zero attached hydrogens (tertiary/aromatic N) is 1. The molecule has 0 spiro atoms. The molecule has 1 aromatic carbocycles. The molecule has 26 heavy (non-hydrogen) atoms. The molecule has 1 aliphatic rings. The average Bonchev–Trinajstić information content (AvgIpc) is 2.98. The topological polar surface area (TPSA) is 65.1 Å². The van der Waals surface area contributed by atoms with Gasteiger partial charge in [-0.25, -0.2) is 4.79 Å². The van der Waals surface area contributed by atoms with Gasteiger partial charge in [0.2, 0.25) is 5.91 Å². The number of amides is 1. The summed E-state index contributed by atoms with van der Waals surface area (Å²) in [5, 5.41) is -0.111. The zero-order valence-corrected chi connectivity index (χ0v) is 16.4. The van der Waals surface area contributed by atoms with Crippen molar-refractivity contribution < 1.29 is 23.8 Å². The summed E-state index contributed by atoms with van der Waals surface area (Å²) in [6.07, 6.45) is 0.971. The Balaban J connectivity index is 2.03. The first kappa shape index (κ1) is 20.6. The van der Waals surface area contributed by atoms with Gasteiger partial charge in [0.15, 0.2) is 6.61 Å². The summed E-state index contributed by atoms with van der Waals surface area (Å²) in [6.45, 7) is 7.19. The second kappa shape index (κ2) is 10.4. The van der Waals surface area contributed by atoms with Crippen molar-refractivity contribution in [3.63, 3.8) is 0 Å². The smallest absolute Gasteiger partial charge is 0.344 e. The van der Waals surface area contributed by atoms with Crippen LogP contribution in [-0.2, 0) is 19.1 Å². The number of hydrogen-bond donors (Lipinski definition) is 0. The first-order chi connectivity index (χ1) is 12.5. The molecular formula is C19H27NO5S. The van der Waals surface area contributed by atoms with Crippen LogP contribution < -0.4 is 4.74 Å². The quantitative estimate of drug-likeness (QED) is 0.459. The molecule has 2 rings (SSSR count). The van der Waals surface area contributed by atoms with Gasteiger partial charge in [0.25, 0.3) is 0 Å². The Hall–Kier alpha value is -1.73. The lowest BCUT2D eigenvalue weighted by Crippen LogP contribution is -2.30. The van der Waals surface area contributed by atoms with Crippen LogP contribution in [0.3, 0.4) is 0 Å². The Morgan fingerprint density at radius 1 is 1.35 bits per heavy atom. The maximum absolute atomic E-state index is 12.3. The van der Waals surface area contributed by atoms with Crippen LogP contribution in [0.4, 0.5) is 0 Å². The molecule has 1 aromatic rings. The molecule has 0 saturated carbocycles. The van der Waals surface area contributed by atoms with Crippen molar-refractivity contribution in [1.82, 2.24) is 4.90 Å². The fraction of sp³-hybridized carbons (Fsp3) is 0.579. The number of ether oxygens (including phenoxy) is 3. The standard InChI is InChI=1S/C19H27NO5S/c1-4-23-18(22)12-25-16-9-6-5-8-15(16)19-20(17(21)13-26-19)10-7-11-24-14(2)3/h5-6,8-9,14,19H,4,7,10-13H2,1-3H3. The minimum absolute atomic E-state index is 0.111. The maximum atomic E-state index is 12.3. The molecule has 6 nitrogen and oxygen atoms in total. The van der Waals surface area contributed by atoms with E-state index in [-0.39, 0.29) is 24.0 Å². The van der Waals surface area contributed by atoms with Crippen molar-refractivity contribution >= 4 is 23.6 Å². The highest BCUT2D eigenvalue weighted by molar-refractivity contribution is 8.00. The van der Waals surface area contributed by atoms with E-state index in [0.29, 0.717) is 31.3 Å². The van der Waals surface area contributed by atoms with Gasteiger partial charge >= 0.3 is 5.97 Å². The van der Waals surface area contributed by atoms with Gasteiger partial charge in [-0.05, 0) is 33.3 Å². The summed E-state index contributed by atoms with van der Waals surface area (Å²) in [5.74, 6) is 0.767. The maximum Gasteiger partial charge on any atom is 0.344 e. The molecule has 1 aliphatic heterocycles. The van der Waals surface area contributed by atoms with Crippen LogP contribution in [0.25, 0.3) is 0 Å². The summed E-state index contributed by atoms with van der Waals surface area (Å²) in [4.78, 5) is 25.7. The average molecular weight is 381 g/mol. The fourth-order valence-corrected chi connectivity index (χ4v) is 3.91. The van der Waals surface area contributed by atoms with Crippen LogP contribution >= 0.6 is 11.8 Å². The van der Waals surface area contributed by atoms with Gasteiger partial charge in [0, 0.05) is 18.7 Å². The molecule has 1 amide bonds. The summed E-state index contributed by atoms with van der Waals surface area (Å²) in [5.41, 5.74) is 0.900. The number of esters is 1.